The van der Waals surface area contributed by atoms with E-state index in [9.17, 15) is 8.78 Å². The number of benzene rings is 2. The largest absolute Gasteiger partial charge is 0.493 e. The molecule has 0 amide bonds. The Morgan fingerprint density at radius 3 is 2.61 bits per heavy atom. The van der Waals surface area contributed by atoms with Gasteiger partial charge in [-0.15, -0.1) is 0 Å². The molecule has 0 bridgehead atoms. The summed E-state index contributed by atoms with van der Waals surface area (Å²) in [5.74, 6) is 0.175. The van der Waals surface area contributed by atoms with Gasteiger partial charge in [-0.1, -0.05) is 29.4 Å². The molecule has 0 aliphatic heterocycles. The molecule has 23 heavy (non-hydrogen) atoms. The number of ether oxygens (including phenoxy) is 2. The SMILES string of the molecule is COc1cc(C=NOCc2ccccc2C)ccc1OC(F)F. The third-order valence-electron chi connectivity index (χ3n) is 3.16. The van der Waals surface area contributed by atoms with Gasteiger partial charge in [0.15, 0.2) is 11.5 Å². The van der Waals surface area contributed by atoms with Gasteiger partial charge in [0.05, 0.1) is 13.3 Å². The van der Waals surface area contributed by atoms with Crippen LogP contribution in [0.3, 0.4) is 0 Å². The molecule has 0 saturated heterocycles. The van der Waals surface area contributed by atoms with Crippen LogP contribution in [0.25, 0.3) is 0 Å². The van der Waals surface area contributed by atoms with Crippen LogP contribution in [0.4, 0.5) is 8.78 Å². The van der Waals surface area contributed by atoms with Crippen LogP contribution < -0.4 is 9.47 Å². The van der Waals surface area contributed by atoms with Crippen LogP contribution in [-0.4, -0.2) is 19.9 Å². The molecular formula is C17H17F2NO3. The summed E-state index contributed by atoms with van der Waals surface area (Å²) < 4.78 is 33.9. The lowest BCUT2D eigenvalue weighted by atomic mass is 10.1. The number of alkyl halides is 2. The van der Waals surface area contributed by atoms with Crippen LogP contribution in [0.2, 0.25) is 0 Å². The zero-order valence-electron chi connectivity index (χ0n) is 12.8. The number of oxime groups is 1. The Kier molecular flexibility index (Phi) is 5.91. The van der Waals surface area contributed by atoms with Gasteiger partial charge in [-0.3, -0.25) is 0 Å². The number of methoxy groups -OCH3 is 1. The highest BCUT2D eigenvalue weighted by Gasteiger charge is 2.10. The van der Waals surface area contributed by atoms with E-state index >= 15 is 0 Å². The summed E-state index contributed by atoms with van der Waals surface area (Å²) in [6.07, 6.45) is 1.48. The average molecular weight is 321 g/mol. The van der Waals surface area contributed by atoms with E-state index in [-0.39, 0.29) is 11.5 Å². The fourth-order valence-corrected chi connectivity index (χ4v) is 1.93. The summed E-state index contributed by atoms with van der Waals surface area (Å²) >= 11 is 0. The molecule has 0 radical (unpaired) electrons. The zero-order valence-corrected chi connectivity index (χ0v) is 12.8. The van der Waals surface area contributed by atoms with Crippen molar-refractivity contribution in [1.82, 2.24) is 0 Å². The van der Waals surface area contributed by atoms with Crippen LogP contribution in [-0.2, 0) is 11.4 Å². The summed E-state index contributed by atoms with van der Waals surface area (Å²) in [6.45, 7) is -0.553. The van der Waals surface area contributed by atoms with Crippen molar-refractivity contribution in [1.29, 1.82) is 0 Å². The fourth-order valence-electron chi connectivity index (χ4n) is 1.93. The summed E-state index contributed by atoms with van der Waals surface area (Å²) in [5.41, 5.74) is 2.81. The molecule has 0 heterocycles. The van der Waals surface area contributed by atoms with E-state index in [1.54, 1.807) is 12.1 Å². The van der Waals surface area contributed by atoms with Crippen LogP contribution in [0.5, 0.6) is 11.5 Å². The van der Waals surface area contributed by atoms with Gasteiger partial charge >= 0.3 is 6.61 Å². The molecule has 0 fully saturated rings. The van der Waals surface area contributed by atoms with Gasteiger partial charge in [0.2, 0.25) is 0 Å². The topological polar surface area (TPSA) is 40.0 Å². The first-order chi connectivity index (χ1) is 11.1. The lowest BCUT2D eigenvalue weighted by Gasteiger charge is -2.09. The van der Waals surface area contributed by atoms with E-state index < -0.39 is 6.61 Å². The number of hydrogen-bond donors (Lipinski definition) is 0. The summed E-state index contributed by atoms with van der Waals surface area (Å²) in [6, 6.07) is 12.4. The first-order valence-corrected chi connectivity index (χ1v) is 6.93. The third kappa shape index (κ3) is 4.95. The standard InChI is InChI=1S/C17H17F2NO3/c1-12-5-3-4-6-14(12)11-22-20-10-13-7-8-15(23-17(18)19)16(9-13)21-2/h3-10,17H,11H2,1-2H3. The Morgan fingerprint density at radius 2 is 1.91 bits per heavy atom. The molecular weight excluding hydrogens is 304 g/mol. The second kappa shape index (κ2) is 8.12. The molecule has 2 rings (SSSR count). The number of halogens is 2. The molecule has 0 atom stereocenters. The quantitative estimate of drug-likeness (QED) is 0.568. The first kappa shape index (κ1) is 16.7. The minimum Gasteiger partial charge on any atom is -0.493 e. The molecule has 2 aromatic carbocycles. The second-order valence-electron chi connectivity index (χ2n) is 4.72. The molecule has 0 unspecified atom stereocenters. The number of rotatable bonds is 7. The zero-order chi connectivity index (χ0) is 16.7. The predicted molar refractivity (Wildman–Crippen MR) is 83.2 cm³/mol. The predicted octanol–water partition coefficient (Wildman–Crippen LogP) is 4.16. The smallest absolute Gasteiger partial charge is 0.387 e. The Labute approximate surface area is 133 Å². The summed E-state index contributed by atoms with van der Waals surface area (Å²) in [5, 5.41) is 3.87. The highest BCUT2D eigenvalue weighted by molar-refractivity contribution is 5.80. The highest BCUT2D eigenvalue weighted by Crippen LogP contribution is 2.28. The summed E-state index contributed by atoms with van der Waals surface area (Å²) in [4.78, 5) is 5.25. The highest BCUT2D eigenvalue weighted by atomic mass is 19.3. The van der Waals surface area contributed by atoms with E-state index in [1.807, 2.05) is 31.2 Å². The van der Waals surface area contributed by atoms with Gasteiger partial charge in [0, 0.05) is 5.56 Å². The maximum atomic E-state index is 12.3. The van der Waals surface area contributed by atoms with Crippen molar-refractivity contribution in [3.05, 3.63) is 59.2 Å². The maximum absolute atomic E-state index is 12.3. The van der Waals surface area contributed by atoms with E-state index in [1.165, 1.54) is 19.4 Å². The van der Waals surface area contributed by atoms with Gasteiger partial charge in [-0.05, 0) is 36.2 Å². The molecule has 0 N–H and O–H groups in total. The van der Waals surface area contributed by atoms with Gasteiger partial charge in [-0.2, -0.15) is 8.78 Å². The minimum absolute atomic E-state index is 0.0273. The number of nitrogens with zero attached hydrogens (tertiary/aromatic N) is 1. The number of aryl methyl sites for hydroxylation is 1. The van der Waals surface area contributed by atoms with Crippen molar-refractivity contribution in [3.63, 3.8) is 0 Å². The monoisotopic (exact) mass is 321 g/mol. The van der Waals surface area contributed by atoms with E-state index in [0.717, 1.165) is 11.1 Å². The van der Waals surface area contributed by atoms with Gasteiger partial charge < -0.3 is 14.3 Å². The molecule has 0 aromatic heterocycles. The number of hydrogen-bond acceptors (Lipinski definition) is 4. The van der Waals surface area contributed by atoms with Crippen molar-refractivity contribution < 1.29 is 23.1 Å². The van der Waals surface area contributed by atoms with Crippen molar-refractivity contribution in [2.75, 3.05) is 7.11 Å². The Morgan fingerprint density at radius 1 is 1.13 bits per heavy atom. The maximum Gasteiger partial charge on any atom is 0.387 e. The summed E-state index contributed by atoms with van der Waals surface area (Å²) in [7, 11) is 1.38. The van der Waals surface area contributed by atoms with Crippen LogP contribution in [0.15, 0.2) is 47.6 Å². The third-order valence-corrected chi connectivity index (χ3v) is 3.16. The molecule has 122 valence electrons. The van der Waals surface area contributed by atoms with Gasteiger partial charge in [-0.25, -0.2) is 0 Å². The van der Waals surface area contributed by atoms with Crippen molar-refractivity contribution in [3.8, 4) is 11.5 Å². The lowest BCUT2D eigenvalue weighted by Crippen LogP contribution is -2.03. The Bertz CT molecular complexity index is 675. The molecule has 0 saturated carbocycles. The molecule has 6 heteroatoms. The first-order valence-electron chi connectivity index (χ1n) is 6.93. The van der Waals surface area contributed by atoms with Gasteiger partial charge in [0.25, 0.3) is 0 Å². The Balaban J connectivity index is 1.98. The fraction of sp³-hybridized carbons (Fsp3) is 0.235. The molecule has 0 aliphatic rings. The second-order valence-corrected chi connectivity index (χ2v) is 4.72. The molecule has 0 spiro atoms. The normalized spacial score (nSPS) is 11.0. The van der Waals surface area contributed by atoms with Crippen molar-refractivity contribution in [2.45, 2.75) is 20.1 Å². The Hall–Kier alpha value is -2.63. The van der Waals surface area contributed by atoms with Gasteiger partial charge in [0.1, 0.15) is 6.61 Å². The molecule has 4 nitrogen and oxygen atoms in total. The average Bonchev–Trinajstić information content (AvgIpc) is 2.53. The van der Waals surface area contributed by atoms with E-state index in [2.05, 4.69) is 9.89 Å². The van der Waals surface area contributed by atoms with E-state index in [0.29, 0.717) is 12.2 Å². The van der Waals surface area contributed by atoms with Crippen molar-refractivity contribution in [2.24, 2.45) is 5.16 Å². The van der Waals surface area contributed by atoms with Crippen LogP contribution in [0.1, 0.15) is 16.7 Å². The van der Waals surface area contributed by atoms with Crippen LogP contribution >= 0.6 is 0 Å². The molecule has 2 aromatic rings. The lowest BCUT2D eigenvalue weighted by molar-refractivity contribution is -0.0512. The van der Waals surface area contributed by atoms with Crippen molar-refractivity contribution >= 4 is 6.21 Å². The van der Waals surface area contributed by atoms with Crippen LogP contribution in [0, 0.1) is 6.92 Å². The minimum atomic E-state index is -2.90. The molecule has 0 aliphatic carbocycles. The van der Waals surface area contributed by atoms with E-state index in [4.69, 9.17) is 9.57 Å².